The van der Waals surface area contributed by atoms with Gasteiger partial charge in [-0.25, -0.2) is 16.8 Å². The summed E-state index contributed by atoms with van der Waals surface area (Å²) in [6, 6.07) is 5.42. The van der Waals surface area contributed by atoms with Gasteiger partial charge in [0.25, 0.3) is 0 Å². The van der Waals surface area contributed by atoms with Gasteiger partial charge in [-0.2, -0.15) is 0 Å². The molecule has 1 aromatic rings. The van der Waals surface area contributed by atoms with E-state index in [1.54, 1.807) is 19.1 Å². The Balaban J connectivity index is 1.85. The monoisotopic (exact) mass is 473 g/mol. The Labute approximate surface area is 184 Å². The largest absolute Gasteiger partial charge is 0.491 e. The highest BCUT2D eigenvalue weighted by Gasteiger charge is 2.49. The summed E-state index contributed by atoms with van der Waals surface area (Å²) in [4.78, 5) is 14.1. The minimum absolute atomic E-state index is 0.0433. The molecule has 1 aromatic carbocycles. The van der Waals surface area contributed by atoms with Crippen molar-refractivity contribution in [2.75, 3.05) is 31.2 Å². The molecule has 0 aliphatic carbocycles. The van der Waals surface area contributed by atoms with Gasteiger partial charge in [-0.3, -0.25) is 9.69 Å². The van der Waals surface area contributed by atoms with Crippen LogP contribution in [-0.2, 0) is 29.2 Å². The number of carbonyl (C=O) groups excluding carboxylic acids is 1. The van der Waals surface area contributed by atoms with E-state index in [0.29, 0.717) is 31.7 Å². The van der Waals surface area contributed by atoms with Crippen LogP contribution in [0.15, 0.2) is 29.2 Å². The molecule has 2 heterocycles. The second-order valence-electron chi connectivity index (χ2n) is 8.45. The molecular formula is C21H31NO7S2. The van der Waals surface area contributed by atoms with Gasteiger partial charge < -0.3 is 9.47 Å². The molecule has 0 radical (unpaired) electrons. The summed E-state index contributed by atoms with van der Waals surface area (Å²) in [6.07, 6.45) is 1.30. The number of piperidine rings is 1. The maximum Gasteiger partial charge on any atom is 0.310 e. The van der Waals surface area contributed by atoms with E-state index >= 15 is 0 Å². The number of sulfone groups is 2. The zero-order chi connectivity index (χ0) is 22.8. The van der Waals surface area contributed by atoms with Crippen molar-refractivity contribution < 1.29 is 31.1 Å². The Bertz CT molecular complexity index is 987. The normalized spacial score (nSPS) is 26.6. The number of benzene rings is 1. The highest BCUT2D eigenvalue weighted by atomic mass is 32.2. The molecule has 2 aliphatic rings. The van der Waals surface area contributed by atoms with E-state index in [1.807, 2.05) is 18.7 Å². The van der Waals surface area contributed by atoms with E-state index in [9.17, 15) is 21.6 Å². The van der Waals surface area contributed by atoms with Gasteiger partial charge in [-0.1, -0.05) is 0 Å². The molecule has 8 nitrogen and oxygen atoms in total. The first-order valence-electron chi connectivity index (χ1n) is 10.6. The predicted molar refractivity (Wildman–Crippen MR) is 117 cm³/mol. The summed E-state index contributed by atoms with van der Waals surface area (Å²) < 4.78 is 62.4. The van der Waals surface area contributed by atoms with Crippen LogP contribution in [-0.4, -0.2) is 76.3 Å². The minimum atomic E-state index is -3.89. The third-order valence-corrected chi connectivity index (χ3v) is 9.87. The molecule has 174 valence electrons. The Morgan fingerprint density at radius 2 is 1.87 bits per heavy atom. The third-order valence-electron chi connectivity index (χ3n) is 5.74. The quantitative estimate of drug-likeness (QED) is 0.551. The molecule has 2 saturated heterocycles. The van der Waals surface area contributed by atoms with Gasteiger partial charge in [-0.15, -0.1) is 0 Å². The minimum Gasteiger partial charge on any atom is -0.491 e. The van der Waals surface area contributed by atoms with Gasteiger partial charge in [-0.05, 0) is 64.4 Å². The van der Waals surface area contributed by atoms with Crippen LogP contribution in [0.3, 0.4) is 0 Å². The van der Waals surface area contributed by atoms with Crippen molar-refractivity contribution >= 4 is 25.6 Å². The Hall–Kier alpha value is -1.65. The lowest BCUT2D eigenvalue weighted by atomic mass is 9.96. The van der Waals surface area contributed by atoms with Crippen LogP contribution < -0.4 is 4.74 Å². The van der Waals surface area contributed by atoms with Crippen LogP contribution >= 0.6 is 0 Å². The number of esters is 1. The van der Waals surface area contributed by atoms with Gasteiger partial charge >= 0.3 is 5.97 Å². The summed E-state index contributed by atoms with van der Waals surface area (Å²) in [6.45, 7) is 6.64. The van der Waals surface area contributed by atoms with Crippen molar-refractivity contribution in [1.29, 1.82) is 0 Å². The van der Waals surface area contributed by atoms with E-state index in [1.165, 1.54) is 12.1 Å². The second-order valence-corrected chi connectivity index (χ2v) is 12.8. The predicted octanol–water partition coefficient (Wildman–Crippen LogP) is 1.69. The Morgan fingerprint density at radius 3 is 2.48 bits per heavy atom. The fourth-order valence-electron chi connectivity index (χ4n) is 4.35. The number of rotatable bonds is 7. The van der Waals surface area contributed by atoms with E-state index in [4.69, 9.17) is 9.47 Å². The first kappa shape index (κ1) is 24.0. The molecule has 31 heavy (non-hydrogen) atoms. The van der Waals surface area contributed by atoms with Gasteiger partial charge in [0, 0.05) is 12.6 Å². The number of hydrogen-bond donors (Lipinski definition) is 0. The number of hydrogen-bond acceptors (Lipinski definition) is 8. The topological polar surface area (TPSA) is 107 Å². The lowest BCUT2D eigenvalue weighted by Crippen LogP contribution is -2.51. The highest BCUT2D eigenvalue weighted by molar-refractivity contribution is 7.96. The third kappa shape index (κ3) is 5.59. The van der Waals surface area contributed by atoms with Crippen molar-refractivity contribution in [3.05, 3.63) is 24.3 Å². The maximum atomic E-state index is 13.4. The molecule has 0 bridgehead atoms. The van der Waals surface area contributed by atoms with E-state index < -0.39 is 36.7 Å². The van der Waals surface area contributed by atoms with Crippen LogP contribution in [0.1, 0.15) is 33.6 Å². The Morgan fingerprint density at radius 1 is 1.19 bits per heavy atom. The van der Waals surface area contributed by atoms with Crippen LogP contribution in [0.2, 0.25) is 0 Å². The van der Waals surface area contributed by atoms with Crippen LogP contribution in [0.5, 0.6) is 5.75 Å². The average molecular weight is 474 g/mol. The molecule has 0 saturated carbocycles. The highest BCUT2D eigenvalue weighted by Crippen LogP contribution is 2.32. The van der Waals surface area contributed by atoms with Gasteiger partial charge in [0.2, 0.25) is 0 Å². The second kappa shape index (κ2) is 9.46. The number of nitrogens with zero attached hydrogens (tertiary/aromatic N) is 1. The molecule has 0 aromatic heterocycles. The maximum absolute atomic E-state index is 13.4. The standard InChI is InChI=1S/C21H31NO7S2/c1-4-28-21(23)16-6-5-11-22(12-16)19-13-30(24,25)14-20(19)31(26,27)18-9-7-17(8-10-18)29-15(2)3/h7-10,15-16,19-20H,4-6,11-14H2,1-3H3/t16?,19-,20-/m0/s1. The van der Waals surface area contributed by atoms with Crippen LogP contribution in [0.25, 0.3) is 0 Å². The fourth-order valence-corrected chi connectivity index (χ4v) is 9.18. The molecule has 10 heteroatoms. The van der Waals surface area contributed by atoms with Crippen molar-refractivity contribution in [2.45, 2.75) is 55.9 Å². The van der Waals surface area contributed by atoms with E-state index in [-0.39, 0.29) is 35.2 Å². The van der Waals surface area contributed by atoms with Crippen LogP contribution in [0, 0.1) is 5.92 Å². The van der Waals surface area contributed by atoms with E-state index in [0.717, 1.165) is 0 Å². The molecule has 1 unspecified atom stereocenters. The molecule has 2 aliphatic heterocycles. The van der Waals surface area contributed by atoms with Crippen LogP contribution in [0.4, 0.5) is 0 Å². The molecule has 3 atom stereocenters. The zero-order valence-corrected chi connectivity index (χ0v) is 19.8. The van der Waals surface area contributed by atoms with Crippen molar-refractivity contribution in [3.63, 3.8) is 0 Å². The van der Waals surface area contributed by atoms with Gasteiger partial charge in [0.05, 0.1) is 40.3 Å². The van der Waals surface area contributed by atoms with Gasteiger partial charge in [0.15, 0.2) is 19.7 Å². The average Bonchev–Trinajstić information content (AvgIpc) is 3.05. The lowest BCUT2D eigenvalue weighted by Gasteiger charge is -2.37. The number of ether oxygens (including phenoxy) is 2. The number of carbonyl (C=O) groups is 1. The first-order valence-corrected chi connectivity index (χ1v) is 14.0. The van der Waals surface area contributed by atoms with Crippen molar-refractivity contribution in [2.24, 2.45) is 5.92 Å². The first-order chi connectivity index (χ1) is 14.5. The van der Waals surface area contributed by atoms with Crippen molar-refractivity contribution in [1.82, 2.24) is 4.90 Å². The smallest absolute Gasteiger partial charge is 0.310 e. The number of likely N-dealkylation sites (tertiary alicyclic amines) is 1. The molecule has 2 fully saturated rings. The van der Waals surface area contributed by atoms with Crippen molar-refractivity contribution in [3.8, 4) is 5.75 Å². The van der Waals surface area contributed by atoms with E-state index in [2.05, 4.69) is 0 Å². The summed E-state index contributed by atoms with van der Waals surface area (Å²) in [5, 5.41) is -1.07. The Kier molecular flexibility index (Phi) is 7.32. The summed E-state index contributed by atoms with van der Waals surface area (Å²) in [5.74, 6) is -0.759. The summed E-state index contributed by atoms with van der Waals surface area (Å²) in [7, 11) is -7.41. The molecule has 0 amide bonds. The molecule has 3 rings (SSSR count). The van der Waals surface area contributed by atoms with Gasteiger partial charge in [0.1, 0.15) is 5.75 Å². The summed E-state index contributed by atoms with van der Waals surface area (Å²) >= 11 is 0. The molecular weight excluding hydrogens is 442 g/mol. The lowest BCUT2D eigenvalue weighted by molar-refractivity contribution is -0.150. The molecule has 0 N–H and O–H groups in total. The fraction of sp³-hybridized carbons (Fsp3) is 0.667. The summed E-state index contributed by atoms with van der Waals surface area (Å²) in [5.41, 5.74) is 0. The zero-order valence-electron chi connectivity index (χ0n) is 18.2. The SMILES string of the molecule is CCOC(=O)C1CCCN([C@H]2CS(=O)(=O)C[C@@H]2S(=O)(=O)c2ccc(OC(C)C)cc2)C1. The molecule has 0 spiro atoms.